The first-order chi connectivity index (χ1) is 7.29. The molecule has 1 aromatic carbocycles. The van der Waals surface area contributed by atoms with Crippen molar-refractivity contribution in [1.29, 1.82) is 0 Å². The van der Waals surface area contributed by atoms with Crippen LogP contribution in [-0.4, -0.2) is 6.54 Å². The van der Waals surface area contributed by atoms with Crippen molar-refractivity contribution in [2.75, 3.05) is 6.54 Å². The van der Waals surface area contributed by atoms with Crippen LogP contribution in [0, 0.1) is 0 Å². The van der Waals surface area contributed by atoms with Gasteiger partial charge in [-0.2, -0.15) is 0 Å². The summed E-state index contributed by atoms with van der Waals surface area (Å²) in [7, 11) is 0. The average molecular weight is 222 g/mol. The third-order valence-electron chi connectivity index (χ3n) is 2.18. The van der Waals surface area contributed by atoms with E-state index in [4.69, 9.17) is 21.8 Å². The fraction of sp³-hybridized carbons (Fsp3) is 0.167. The van der Waals surface area contributed by atoms with Crippen molar-refractivity contribution in [2.24, 2.45) is 5.73 Å². The zero-order chi connectivity index (χ0) is 10.7. The molecule has 0 aliphatic carbocycles. The predicted octanol–water partition coefficient (Wildman–Crippen LogP) is 3.10. The molecule has 2 N–H and O–H groups in total. The Morgan fingerprint density at radius 3 is 2.47 bits per heavy atom. The van der Waals surface area contributed by atoms with Crippen LogP contribution in [0.1, 0.15) is 5.76 Å². The van der Waals surface area contributed by atoms with Crippen LogP contribution in [0.25, 0.3) is 11.3 Å². The van der Waals surface area contributed by atoms with Crippen LogP contribution >= 0.6 is 11.6 Å². The topological polar surface area (TPSA) is 39.2 Å². The van der Waals surface area contributed by atoms with Gasteiger partial charge in [0.25, 0.3) is 0 Å². The van der Waals surface area contributed by atoms with Crippen LogP contribution in [0.4, 0.5) is 0 Å². The molecule has 2 rings (SSSR count). The van der Waals surface area contributed by atoms with Gasteiger partial charge in [-0.3, -0.25) is 0 Å². The summed E-state index contributed by atoms with van der Waals surface area (Å²) in [6, 6.07) is 11.5. The average Bonchev–Trinajstić information content (AvgIpc) is 2.68. The van der Waals surface area contributed by atoms with Gasteiger partial charge in [-0.15, -0.1) is 0 Å². The van der Waals surface area contributed by atoms with E-state index in [9.17, 15) is 0 Å². The molecule has 0 spiro atoms. The standard InChI is InChI=1S/C12H12ClNO/c13-10-3-1-9(2-4-10)12-6-5-11(15-12)7-8-14/h1-6H,7-8,14H2. The first-order valence-corrected chi connectivity index (χ1v) is 5.22. The maximum Gasteiger partial charge on any atom is 0.134 e. The van der Waals surface area contributed by atoms with E-state index in [1.54, 1.807) is 0 Å². The van der Waals surface area contributed by atoms with E-state index in [1.165, 1.54) is 0 Å². The normalized spacial score (nSPS) is 10.5. The Labute approximate surface area is 93.7 Å². The van der Waals surface area contributed by atoms with Crippen LogP contribution in [0.2, 0.25) is 5.02 Å². The minimum absolute atomic E-state index is 0.605. The molecular formula is C12H12ClNO. The molecule has 78 valence electrons. The molecular weight excluding hydrogens is 210 g/mol. The van der Waals surface area contributed by atoms with E-state index in [2.05, 4.69) is 0 Å². The second-order valence-corrected chi connectivity index (χ2v) is 3.75. The predicted molar refractivity (Wildman–Crippen MR) is 61.9 cm³/mol. The zero-order valence-corrected chi connectivity index (χ0v) is 9.00. The molecule has 0 saturated heterocycles. The van der Waals surface area contributed by atoms with Gasteiger partial charge in [-0.25, -0.2) is 0 Å². The molecule has 0 atom stereocenters. The van der Waals surface area contributed by atoms with Crippen molar-refractivity contribution in [1.82, 2.24) is 0 Å². The summed E-state index contributed by atoms with van der Waals surface area (Å²) in [6.07, 6.45) is 0.771. The summed E-state index contributed by atoms with van der Waals surface area (Å²) in [4.78, 5) is 0. The van der Waals surface area contributed by atoms with Crippen molar-refractivity contribution >= 4 is 11.6 Å². The van der Waals surface area contributed by atoms with E-state index in [-0.39, 0.29) is 0 Å². The second-order valence-electron chi connectivity index (χ2n) is 3.31. The van der Waals surface area contributed by atoms with Crippen LogP contribution in [0.5, 0.6) is 0 Å². The van der Waals surface area contributed by atoms with Gasteiger partial charge in [0.2, 0.25) is 0 Å². The van der Waals surface area contributed by atoms with Gasteiger partial charge in [-0.05, 0) is 42.9 Å². The maximum atomic E-state index is 5.81. The number of hydrogen-bond donors (Lipinski definition) is 1. The Kier molecular flexibility index (Phi) is 3.09. The molecule has 0 fully saturated rings. The Morgan fingerprint density at radius 1 is 1.07 bits per heavy atom. The molecule has 0 amide bonds. The minimum atomic E-state index is 0.605. The third-order valence-corrected chi connectivity index (χ3v) is 2.43. The molecule has 3 heteroatoms. The molecule has 2 nitrogen and oxygen atoms in total. The van der Waals surface area contributed by atoms with Gasteiger partial charge in [0, 0.05) is 17.0 Å². The van der Waals surface area contributed by atoms with E-state index >= 15 is 0 Å². The monoisotopic (exact) mass is 221 g/mol. The highest BCUT2D eigenvalue weighted by Crippen LogP contribution is 2.23. The second kappa shape index (κ2) is 4.51. The van der Waals surface area contributed by atoms with E-state index in [0.717, 1.165) is 28.5 Å². The Morgan fingerprint density at radius 2 is 1.80 bits per heavy atom. The van der Waals surface area contributed by atoms with Crippen LogP contribution in [-0.2, 0) is 6.42 Å². The number of benzene rings is 1. The summed E-state index contributed by atoms with van der Waals surface area (Å²) in [5, 5.41) is 0.729. The first kappa shape index (κ1) is 10.3. The molecule has 1 heterocycles. The van der Waals surface area contributed by atoms with Crippen LogP contribution in [0.3, 0.4) is 0 Å². The maximum absolute atomic E-state index is 5.81. The molecule has 0 saturated carbocycles. The van der Waals surface area contributed by atoms with Gasteiger partial charge in [0.05, 0.1) is 0 Å². The van der Waals surface area contributed by atoms with Crippen molar-refractivity contribution < 1.29 is 4.42 Å². The third kappa shape index (κ3) is 2.41. The molecule has 0 bridgehead atoms. The van der Waals surface area contributed by atoms with Gasteiger partial charge in [-0.1, -0.05) is 11.6 Å². The lowest BCUT2D eigenvalue weighted by Gasteiger charge is -1.97. The molecule has 15 heavy (non-hydrogen) atoms. The highest BCUT2D eigenvalue weighted by Gasteiger charge is 2.03. The lowest BCUT2D eigenvalue weighted by molar-refractivity contribution is 0.524. The first-order valence-electron chi connectivity index (χ1n) is 4.84. The van der Waals surface area contributed by atoms with Gasteiger partial charge in [0.1, 0.15) is 11.5 Å². The minimum Gasteiger partial charge on any atom is -0.461 e. The molecule has 0 radical (unpaired) electrons. The lowest BCUT2D eigenvalue weighted by atomic mass is 10.2. The number of rotatable bonds is 3. The van der Waals surface area contributed by atoms with E-state index < -0.39 is 0 Å². The molecule has 1 aromatic heterocycles. The molecule has 0 aliphatic heterocycles. The number of hydrogen-bond acceptors (Lipinski definition) is 2. The van der Waals surface area contributed by atoms with Crippen molar-refractivity contribution in [3.8, 4) is 11.3 Å². The summed E-state index contributed by atoms with van der Waals surface area (Å²) < 4.78 is 5.63. The van der Waals surface area contributed by atoms with Gasteiger partial charge in [0.15, 0.2) is 0 Å². The fourth-order valence-corrected chi connectivity index (χ4v) is 1.55. The SMILES string of the molecule is NCCc1ccc(-c2ccc(Cl)cc2)o1. The highest BCUT2D eigenvalue weighted by atomic mass is 35.5. The summed E-state index contributed by atoms with van der Waals surface area (Å²) in [6.45, 7) is 0.605. The molecule has 0 aliphatic rings. The van der Waals surface area contributed by atoms with Crippen LogP contribution in [0.15, 0.2) is 40.8 Å². The van der Waals surface area contributed by atoms with Gasteiger partial charge >= 0.3 is 0 Å². The zero-order valence-electron chi connectivity index (χ0n) is 8.24. The van der Waals surface area contributed by atoms with Crippen molar-refractivity contribution in [3.05, 3.63) is 47.2 Å². The lowest BCUT2D eigenvalue weighted by Crippen LogP contribution is -2.01. The highest BCUT2D eigenvalue weighted by molar-refractivity contribution is 6.30. The molecule has 0 unspecified atom stereocenters. The fourth-order valence-electron chi connectivity index (χ4n) is 1.42. The summed E-state index contributed by atoms with van der Waals surface area (Å²) in [5.74, 6) is 1.78. The Bertz CT molecular complexity index is 433. The van der Waals surface area contributed by atoms with Gasteiger partial charge < -0.3 is 10.2 Å². The summed E-state index contributed by atoms with van der Waals surface area (Å²) >= 11 is 5.81. The number of halogens is 1. The smallest absolute Gasteiger partial charge is 0.134 e. The Hall–Kier alpha value is -1.25. The van der Waals surface area contributed by atoms with E-state index in [1.807, 2.05) is 36.4 Å². The van der Waals surface area contributed by atoms with Crippen LogP contribution < -0.4 is 5.73 Å². The largest absolute Gasteiger partial charge is 0.461 e. The summed E-state index contributed by atoms with van der Waals surface area (Å²) in [5.41, 5.74) is 6.48. The molecule has 2 aromatic rings. The quantitative estimate of drug-likeness (QED) is 0.865. The Balaban J connectivity index is 2.25. The van der Waals surface area contributed by atoms with Crippen molar-refractivity contribution in [2.45, 2.75) is 6.42 Å². The number of nitrogens with two attached hydrogens (primary N) is 1. The van der Waals surface area contributed by atoms with E-state index in [0.29, 0.717) is 6.54 Å². The van der Waals surface area contributed by atoms with Crippen molar-refractivity contribution in [3.63, 3.8) is 0 Å². The number of furan rings is 1.